The average molecular weight is 302 g/mol. The van der Waals surface area contributed by atoms with Gasteiger partial charge in [0.2, 0.25) is 5.91 Å². The van der Waals surface area contributed by atoms with Gasteiger partial charge in [-0.1, -0.05) is 24.4 Å². The average Bonchev–Trinajstić information content (AvgIpc) is 2.46. The van der Waals surface area contributed by atoms with E-state index < -0.39 is 0 Å². The number of amides is 1. The maximum Gasteiger partial charge on any atom is 0.253 e. The molecule has 0 saturated carbocycles. The third kappa shape index (κ3) is 4.22. The molecule has 21 heavy (non-hydrogen) atoms. The van der Waals surface area contributed by atoms with E-state index in [-0.39, 0.29) is 29.4 Å². The van der Waals surface area contributed by atoms with Crippen molar-refractivity contribution in [3.8, 4) is 0 Å². The molecule has 0 aliphatic heterocycles. The molecular weight excluding hydrogens is 288 g/mol. The summed E-state index contributed by atoms with van der Waals surface area (Å²) in [4.78, 5) is 27.5. The minimum absolute atomic E-state index is 0.170. The van der Waals surface area contributed by atoms with Gasteiger partial charge in [0.15, 0.2) is 0 Å². The summed E-state index contributed by atoms with van der Waals surface area (Å²) in [5, 5.41) is 2.74. The Bertz CT molecular complexity index is 727. The molecule has 3 N–H and O–H groups in total. The molecule has 0 unspecified atom stereocenters. The Labute approximate surface area is 126 Å². The fraction of sp³-hybridized carbons (Fsp3) is 0.143. The number of carbonyl (C=O) groups excluding carboxylic acids is 1. The molecule has 7 heteroatoms. The summed E-state index contributed by atoms with van der Waals surface area (Å²) in [5.41, 5.74) is 6.65. The molecule has 0 radical (unpaired) electrons. The fourth-order valence-corrected chi connectivity index (χ4v) is 1.87. The number of rotatable bonds is 5. The molecular formula is C14H14N4O2S. The van der Waals surface area contributed by atoms with Gasteiger partial charge in [0.25, 0.3) is 5.56 Å². The van der Waals surface area contributed by atoms with E-state index in [2.05, 4.69) is 10.3 Å². The Morgan fingerprint density at radius 3 is 2.90 bits per heavy atom. The molecule has 1 heterocycles. The maximum absolute atomic E-state index is 11.9. The third-order valence-electron chi connectivity index (χ3n) is 2.80. The van der Waals surface area contributed by atoms with Crippen LogP contribution in [-0.4, -0.2) is 20.4 Å². The Kier molecular flexibility index (Phi) is 4.78. The standard InChI is InChI=1S/C14H14N4O2S/c15-14(21)10-2-1-3-11(8-10)17-12(19)5-7-18-9-16-6-4-13(18)20/h1-4,6,8-9H,5,7H2,(H2,15,21)(H,17,19). The molecule has 1 aromatic heterocycles. The molecule has 2 aromatic rings. The van der Waals surface area contributed by atoms with Crippen molar-refractivity contribution in [2.75, 3.05) is 5.32 Å². The number of aromatic nitrogens is 2. The van der Waals surface area contributed by atoms with Crippen LogP contribution in [0.3, 0.4) is 0 Å². The summed E-state index contributed by atoms with van der Waals surface area (Å²) in [6.45, 7) is 0.271. The van der Waals surface area contributed by atoms with Crippen molar-refractivity contribution in [3.63, 3.8) is 0 Å². The quantitative estimate of drug-likeness (QED) is 0.801. The van der Waals surface area contributed by atoms with E-state index in [4.69, 9.17) is 18.0 Å². The lowest BCUT2D eigenvalue weighted by Gasteiger charge is -2.07. The number of hydrogen-bond donors (Lipinski definition) is 2. The molecule has 1 aromatic carbocycles. The van der Waals surface area contributed by atoms with Crippen molar-refractivity contribution in [1.29, 1.82) is 0 Å². The predicted molar refractivity (Wildman–Crippen MR) is 84.1 cm³/mol. The zero-order valence-electron chi connectivity index (χ0n) is 11.2. The lowest BCUT2D eigenvalue weighted by Crippen LogP contribution is -2.22. The summed E-state index contributed by atoms with van der Waals surface area (Å²) in [5.74, 6) is -0.203. The number of nitrogens with one attached hydrogen (secondary N) is 1. The van der Waals surface area contributed by atoms with Gasteiger partial charge in [-0.25, -0.2) is 4.98 Å². The van der Waals surface area contributed by atoms with Gasteiger partial charge in [-0.05, 0) is 12.1 Å². The normalized spacial score (nSPS) is 10.1. The van der Waals surface area contributed by atoms with Crippen LogP contribution in [0.5, 0.6) is 0 Å². The molecule has 0 fully saturated rings. The van der Waals surface area contributed by atoms with E-state index in [1.54, 1.807) is 24.3 Å². The number of anilines is 1. The van der Waals surface area contributed by atoms with Gasteiger partial charge in [0, 0.05) is 36.5 Å². The number of carbonyl (C=O) groups is 1. The van der Waals surface area contributed by atoms with E-state index in [1.165, 1.54) is 23.2 Å². The van der Waals surface area contributed by atoms with E-state index in [9.17, 15) is 9.59 Å². The summed E-state index contributed by atoms with van der Waals surface area (Å²) in [6, 6.07) is 8.33. The number of hydrogen-bond acceptors (Lipinski definition) is 4. The lowest BCUT2D eigenvalue weighted by atomic mass is 10.2. The minimum Gasteiger partial charge on any atom is -0.389 e. The van der Waals surface area contributed by atoms with Crippen molar-refractivity contribution in [1.82, 2.24) is 9.55 Å². The smallest absolute Gasteiger partial charge is 0.253 e. The molecule has 0 spiro atoms. The first-order valence-corrected chi connectivity index (χ1v) is 6.67. The van der Waals surface area contributed by atoms with Crippen molar-refractivity contribution in [3.05, 3.63) is 58.8 Å². The van der Waals surface area contributed by atoms with Gasteiger partial charge in [0.05, 0.1) is 6.33 Å². The van der Waals surface area contributed by atoms with Crippen LogP contribution >= 0.6 is 12.2 Å². The number of nitrogens with two attached hydrogens (primary N) is 1. The Morgan fingerprint density at radius 1 is 1.38 bits per heavy atom. The highest BCUT2D eigenvalue weighted by Crippen LogP contribution is 2.11. The van der Waals surface area contributed by atoms with Crippen LogP contribution in [0.25, 0.3) is 0 Å². The summed E-state index contributed by atoms with van der Waals surface area (Å²) in [7, 11) is 0. The second-order valence-electron chi connectivity index (χ2n) is 4.36. The molecule has 0 atom stereocenters. The molecule has 1 amide bonds. The monoisotopic (exact) mass is 302 g/mol. The summed E-state index contributed by atoms with van der Waals surface area (Å²) in [6.07, 6.45) is 2.99. The van der Waals surface area contributed by atoms with E-state index >= 15 is 0 Å². The fourth-order valence-electron chi connectivity index (χ4n) is 1.74. The van der Waals surface area contributed by atoms with Crippen LogP contribution < -0.4 is 16.6 Å². The van der Waals surface area contributed by atoms with E-state index in [0.29, 0.717) is 11.3 Å². The van der Waals surface area contributed by atoms with Crippen molar-refractivity contribution in [2.45, 2.75) is 13.0 Å². The second-order valence-corrected chi connectivity index (χ2v) is 4.79. The molecule has 108 valence electrons. The molecule has 6 nitrogen and oxygen atoms in total. The van der Waals surface area contributed by atoms with Crippen molar-refractivity contribution < 1.29 is 4.79 Å². The number of aryl methyl sites for hydroxylation is 1. The SMILES string of the molecule is NC(=S)c1cccc(NC(=O)CCn2cnccc2=O)c1. The molecule has 0 saturated heterocycles. The van der Waals surface area contributed by atoms with Crippen molar-refractivity contribution in [2.24, 2.45) is 5.73 Å². The minimum atomic E-state index is -0.203. The van der Waals surface area contributed by atoms with Crippen LogP contribution in [-0.2, 0) is 11.3 Å². The van der Waals surface area contributed by atoms with Crippen LogP contribution in [0.1, 0.15) is 12.0 Å². The van der Waals surface area contributed by atoms with E-state index in [1.807, 2.05) is 0 Å². The molecule has 0 bridgehead atoms. The van der Waals surface area contributed by atoms with Gasteiger partial charge < -0.3 is 11.1 Å². The van der Waals surface area contributed by atoms with Gasteiger partial charge in [0.1, 0.15) is 4.99 Å². The van der Waals surface area contributed by atoms with Crippen LogP contribution in [0.4, 0.5) is 5.69 Å². The van der Waals surface area contributed by atoms with E-state index in [0.717, 1.165) is 0 Å². The van der Waals surface area contributed by atoms with Gasteiger partial charge >= 0.3 is 0 Å². The largest absolute Gasteiger partial charge is 0.389 e. The summed E-state index contributed by atoms with van der Waals surface area (Å²) < 4.78 is 1.38. The number of nitrogens with zero attached hydrogens (tertiary/aromatic N) is 2. The first-order chi connectivity index (χ1) is 10.1. The Hall–Kier alpha value is -2.54. The zero-order valence-corrected chi connectivity index (χ0v) is 12.0. The van der Waals surface area contributed by atoms with Gasteiger partial charge in [-0.3, -0.25) is 14.2 Å². The highest BCUT2D eigenvalue weighted by Gasteiger charge is 2.05. The first-order valence-electron chi connectivity index (χ1n) is 6.26. The molecule has 0 aliphatic carbocycles. The summed E-state index contributed by atoms with van der Waals surface area (Å²) >= 11 is 4.88. The van der Waals surface area contributed by atoms with Gasteiger partial charge in [-0.15, -0.1) is 0 Å². The van der Waals surface area contributed by atoms with Crippen LogP contribution in [0.15, 0.2) is 47.7 Å². The first kappa shape index (κ1) is 14.9. The number of benzene rings is 1. The molecule has 0 aliphatic rings. The van der Waals surface area contributed by atoms with Crippen molar-refractivity contribution >= 4 is 28.8 Å². The Balaban J connectivity index is 1.96. The van der Waals surface area contributed by atoms with Gasteiger partial charge in [-0.2, -0.15) is 0 Å². The maximum atomic E-state index is 11.9. The zero-order chi connectivity index (χ0) is 15.2. The third-order valence-corrected chi connectivity index (χ3v) is 3.04. The Morgan fingerprint density at radius 2 is 2.19 bits per heavy atom. The highest BCUT2D eigenvalue weighted by atomic mass is 32.1. The molecule has 2 rings (SSSR count). The van der Waals surface area contributed by atoms with Crippen LogP contribution in [0.2, 0.25) is 0 Å². The lowest BCUT2D eigenvalue weighted by molar-refractivity contribution is -0.116. The highest BCUT2D eigenvalue weighted by molar-refractivity contribution is 7.80. The topological polar surface area (TPSA) is 90.0 Å². The predicted octanol–water partition coefficient (Wildman–Crippen LogP) is 0.906. The second kappa shape index (κ2) is 6.76. The number of thiocarbonyl (C=S) groups is 1. The van der Waals surface area contributed by atoms with Crippen LogP contribution in [0, 0.1) is 0 Å².